The fourth-order valence-corrected chi connectivity index (χ4v) is 2.14. The van der Waals surface area contributed by atoms with E-state index in [0.717, 1.165) is 12.8 Å². The lowest BCUT2D eigenvalue weighted by Crippen LogP contribution is -2.04. The minimum atomic E-state index is -2.50. The Balaban J connectivity index is 1.92. The number of allylic oxidation sites excluding steroid dienone is 1. The molecule has 0 aliphatic heterocycles. The average Bonchev–Trinajstić information content (AvgIpc) is 3.41. The Kier molecular flexibility index (Phi) is 4.50. The Hall–Kier alpha value is -2.83. The Labute approximate surface area is 138 Å². The molecule has 0 unspecified atom stereocenters. The number of nitrogens with two attached hydrogens (primary N) is 2. The van der Waals surface area contributed by atoms with E-state index in [1.807, 2.05) is 0 Å². The van der Waals surface area contributed by atoms with E-state index in [9.17, 15) is 8.78 Å². The van der Waals surface area contributed by atoms with Crippen molar-refractivity contribution in [2.75, 3.05) is 5.73 Å². The number of benzene rings is 1. The van der Waals surface area contributed by atoms with Crippen LogP contribution in [-0.4, -0.2) is 22.2 Å². The second-order valence-electron chi connectivity index (χ2n) is 5.54. The summed E-state index contributed by atoms with van der Waals surface area (Å²) in [6.45, 7) is 0. The van der Waals surface area contributed by atoms with E-state index in [4.69, 9.17) is 11.5 Å². The van der Waals surface area contributed by atoms with Crippen molar-refractivity contribution >= 4 is 17.6 Å². The number of anilines is 1. The molecule has 0 radical (unpaired) electrons. The summed E-state index contributed by atoms with van der Waals surface area (Å²) in [5, 5.41) is 0. The zero-order chi connectivity index (χ0) is 17.1. The van der Waals surface area contributed by atoms with Crippen molar-refractivity contribution in [1.82, 2.24) is 9.97 Å². The highest BCUT2D eigenvalue weighted by molar-refractivity contribution is 6.10. The van der Waals surface area contributed by atoms with E-state index in [1.54, 1.807) is 18.3 Å². The quantitative estimate of drug-likeness (QED) is 0.824. The number of hydrogen-bond donors (Lipinski definition) is 2. The summed E-state index contributed by atoms with van der Waals surface area (Å²) in [6, 6.07) is 6.24. The molecule has 1 heterocycles. The second kappa shape index (κ2) is 6.74. The number of aromatic nitrogens is 2. The third kappa shape index (κ3) is 3.56. The van der Waals surface area contributed by atoms with E-state index in [1.165, 1.54) is 24.5 Å². The number of hydrogen-bond acceptors (Lipinski definition) is 5. The Morgan fingerprint density at radius 3 is 2.54 bits per heavy atom. The SMILES string of the molecule is NC=C(C=NC1CC1)c1nc(-c2ccc(C(F)F)cc2)cnc1N. The van der Waals surface area contributed by atoms with Crippen LogP contribution in [0.15, 0.2) is 41.7 Å². The summed E-state index contributed by atoms with van der Waals surface area (Å²) in [4.78, 5) is 13.0. The molecule has 7 heteroatoms. The van der Waals surface area contributed by atoms with Crippen LogP contribution >= 0.6 is 0 Å². The molecule has 0 spiro atoms. The van der Waals surface area contributed by atoms with Crippen LogP contribution in [0.1, 0.15) is 30.5 Å². The predicted molar refractivity (Wildman–Crippen MR) is 90.5 cm³/mol. The molecule has 1 aliphatic carbocycles. The van der Waals surface area contributed by atoms with Gasteiger partial charge in [-0.05, 0) is 12.8 Å². The number of halogens is 2. The first kappa shape index (κ1) is 16.0. The zero-order valence-corrected chi connectivity index (χ0v) is 12.9. The molecule has 2 aromatic rings. The first-order valence-corrected chi connectivity index (χ1v) is 7.55. The molecule has 5 nitrogen and oxygen atoms in total. The van der Waals surface area contributed by atoms with E-state index >= 15 is 0 Å². The van der Waals surface area contributed by atoms with Crippen LogP contribution in [0, 0.1) is 0 Å². The number of rotatable bonds is 5. The Bertz CT molecular complexity index is 780. The fraction of sp³-hybridized carbons (Fsp3) is 0.235. The molecule has 1 aliphatic rings. The van der Waals surface area contributed by atoms with Gasteiger partial charge in [-0.25, -0.2) is 18.7 Å². The van der Waals surface area contributed by atoms with Crippen LogP contribution in [0.25, 0.3) is 16.8 Å². The Morgan fingerprint density at radius 2 is 1.96 bits per heavy atom. The minimum absolute atomic E-state index is 0.0403. The van der Waals surface area contributed by atoms with Crippen molar-refractivity contribution in [3.63, 3.8) is 0 Å². The maximum atomic E-state index is 12.6. The highest BCUT2D eigenvalue weighted by Crippen LogP contribution is 2.26. The number of aliphatic imine (C=N–C) groups is 1. The molecule has 1 fully saturated rings. The summed E-state index contributed by atoms with van der Waals surface area (Å²) in [5.41, 5.74) is 13.7. The predicted octanol–water partition coefficient (Wildman–Crippen LogP) is 3.20. The number of nitrogen functional groups attached to an aromatic ring is 1. The minimum Gasteiger partial charge on any atom is -0.404 e. The van der Waals surface area contributed by atoms with E-state index in [0.29, 0.717) is 28.6 Å². The fourth-order valence-electron chi connectivity index (χ4n) is 2.14. The van der Waals surface area contributed by atoms with Gasteiger partial charge in [-0.3, -0.25) is 4.99 Å². The van der Waals surface area contributed by atoms with Crippen molar-refractivity contribution in [2.24, 2.45) is 10.7 Å². The summed E-state index contributed by atoms with van der Waals surface area (Å²) in [5.74, 6) is 0.238. The molecule has 1 saturated carbocycles. The summed E-state index contributed by atoms with van der Waals surface area (Å²) in [6.07, 6.45) is 4.19. The van der Waals surface area contributed by atoms with Gasteiger partial charge < -0.3 is 11.5 Å². The third-order valence-electron chi connectivity index (χ3n) is 3.68. The maximum Gasteiger partial charge on any atom is 0.263 e. The third-order valence-corrected chi connectivity index (χ3v) is 3.68. The topological polar surface area (TPSA) is 90.2 Å². The molecule has 3 rings (SSSR count). The highest BCUT2D eigenvalue weighted by atomic mass is 19.3. The van der Waals surface area contributed by atoms with Gasteiger partial charge in [0.05, 0.1) is 17.9 Å². The summed E-state index contributed by atoms with van der Waals surface area (Å²) >= 11 is 0. The van der Waals surface area contributed by atoms with Gasteiger partial charge in [0.15, 0.2) is 0 Å². The van der Waals surface area contributed by atoms with Crippen molar-refractivity contribution in [1.29, 1.82) is 0 Å². The van der Waals surface area contributed by atoms with E-state index < -0.39 is 6.43 Å². The smallest absolute Gasteiger partial charge is 0.263 e. The lowest BCUT2D eigenvalue weighted by atomic mass is 10.1. The van der Waals surface area contributed by atoms with Gasteiger partial charge in [-0.15, -0.1) is 0 Å². The molecule has 124 valence electrons. The standard InChI is InChI=1S/C17H17F2N5/c18-16(19)11-3-1-10(2-4-11)14-9-23-17(21)15(24-14)12(7-20)8-22-13-5-6-13/h1-4,7-9,13,16H,5-6,20H2,(H2,21,23). The largest absolute Gasteiger partial charge is 0.404 e. The molecule has 0 amide bonds. The molecular formula is C17H17F2N5. The lowest BCUT2D eigenvalue weighted by molar-refractivity contribution is 0.151. The van der Waals surface area contributed by atoms with Crippen molar-refractivity contribution in [3.05, 3.63) is 47.9 Å². The van der Waals surface area contributed by atoms with E-state index in [2.05, 4.69) is 15.0 Å². The van der Waals surface area contributed by atoms with Gasteiger partial charge in [-0.1, -0.05) is 24.3 Å². The van der Waals surface area contributed by atoms with Gasteiger partial charge in [0, 0.05) is 29.1 Å². The molecule has 1 aromatic carbocycles. The van der Waals surface area contributed by atoms with Gasteiger partial charge in [0.1, 0.15) is 11.5 Å². The number of alkyl halides is 2. The van der Waals surface area contributed by atoms with Crippen molar-refractivity contribution < 1.29 is 8.78 Å². The second-order valence-corrected chi connectivity index (χ2v) is 5.54. The highest BCUT2D eigenvalue weighted by Gasteiger charge is 2.19. The molecule has 24 heavy (non-hydrogen) atoms. The van der Waals surface area contributed by atoms with Crippen LogP contribution in [0.4, 0.5) is 14.6 Å². The van der Waals surface area contributed by atoms with Crippen molar-refractivity contribution in [2.45, 2.75) is 25.3 Å². The summed E-state index contributed by atoms with van der Waals surface area (Å²) in [7, 11) is 0. The normalized spacial score (nSPS) is 15.4. The number of nitrogens with zero attached hydrogens (tertiary/aromatic N) is 3. The molecule has 4 N–H and O–H groups in total. The summed E-state index contributed by atoms with van der Waals surface area (Å²) < 4.78 is 25.3. The molecule has 0 atom stereocenters. The van der Waals surface area contributed by atoms with Crippen LogP contribution in [0.2, 0.25) is 0 Å². The van der Waals surface area contributed by atoms with Gasteiger partial charge in [0.25, 0.3) is 6.43 Å². The monoisotopic (exact) mass is 329 g/mol. The lowest BCUT2D eigenvalue weighted by Gasteiger charge is -2.08. The molecule has 1 aromatic heterocycles. The van der Waals surface area contributed by atoms with Gasteiger partial charge in [0.2, 0.25) is 0 Å². The van der Waals surface area contributed by atoms with E-state index in [-0.39, 0.29) is 11.4 Å². The molecule has 0 saturated heterocycles. The molecular weight excluding hydrogens is 312 g/mol. The average molecular weight is 329 g/mol. The first-order valence-electron chi connectivity index (χ1n) is 7.55. The van der Waals surface area contributed by atoms with Gasteiger partial charge >= 0.3 is 0 Å². The van der Waals surface area contributed by atoms with Crippen LogP contribution in [0.3, 0.4) is 0 Å². The van der Waals surface area contributed by atoms with Crippen molar-refractivity contribution in [3.8, 4) is 11.3 Å². The van der Waals surface area contributed by atoms with Gasteiger partial charge in [-0.2, -0.15) is 0 Å². The van der Waals surface area contributed by atoms with Crippen LogP contribution in [-0.2, 0) is 0 Å². The first-order chi connectivity index (χ1) is 11.6. The van der Waals surface area contributed by atoms with Crippen LogP contribution in [0.5, 0.6) is 0 Å². The van der Waals surface area contributed by atoms with Crippen LogP contribution < -0.4 is 11.5 Å². The zero-order valence-electron chi connectivity index (χ0n) is 12.9. The Morgan fingerprint density at radius 1 is 1.25 bits per heavy atom. The molecule has 0 bridgehead atoms. The maximum absolute atomic E-state index is 12.6.